The average Bonchev–Trinajstić information content (AvgIpc) is 3.56. The number of aliphatic carboxylic acids is 1. The van der Waals surface area contributed by atoms with E-state index in [0.717, 1.165) is 35.1 Å². The smallest absolute Gasteiger partial charge is 0.407 e. The van der Waals surface area contributed by atoms with Crippen LogP contribution in [0, 0.1) is 11.8 Å². The minimum absolute atomic E-state index is 0.00269. The van der Waals surface area contributed by atoms with E-state index in [1.54, 1.807) is 13.8 Å². The van der Waals surface area contributed by atoms with Crippen LogP contribution in [0.2, 0.25) is 0 Å². The summed E-state index contributed by atoms with van der Waals surface area (Å²) < 4.78 is 5.55. The molecule has 1 fully saturated rings. The fraction of sp³-hybridized carbons (Fsp3) is 0.400. The van der Waals surface area contributed by atoms with Crippen LogP contribution in [-0.4, -0.2) is 41.8 Å². The third kappa shape index (κ3) is 4.47. The van der Waals surface area contributed by atoms with Crippen LogP contribution in [0.1, 0.15) is 43.7 Å². The Hall–Kier alpha value is -3.35. The molecule has 2 aliphatic rings. The van der Waals surface area contributed by atoms with Crippen LogP contribution in [0.4, 0.5) is 4.79 Å². The van der Waals surface area contributed by atoms with Crippen molar-refractivity contribution in [2.24, 2.45) is 11.8 Å². The number of ether oxygens (including phenoxy) is 1. The maximum atomic E-state index is 12.7. The molecule has 2 amide bonds. The third-order valence-electron chi connectivity index (χ3n) is 6.22. The van der Waals surface area contributed by atoms with E-state index in [0.29, 0.717) is 0 Å². The van der Waals surface area contributed by atoms with Gasteiger partial charge in [-0.2, -0.15) is 0 Å². The second kappa shape index (κ2) is 9.02. The molecule has 7 nitrogen and oxygen atoms in total. The number of carboxylic acid groups (broad SMARTS) is 1. The van der Waals surface area contributed by atoms with Gasteiger partial charge in [0.2, 0.25) is 5.91 Å². The Balaban J connectivity index is 1.41. The molecule has 0 spiro atoms. The van der Waals surface area contributed by atoms with Crippen LogP contribution in [0.25, 0.3) is 11.1 Å². The van der Waals surface area contributed by atoms with E-state index in [1.165, 1.54) is 0 Å². The zero-order valence-corrected chi connectivity index (χ0v) is 18.2. The van der Waals surface area contributed by atoms with Crippen molar-refractivity contribution in [1.29, 1.82) is 0 Å². The predicted molar refractivity (Wildman–Crippen MR) is 119 cm³/mol. The summed E-state index contributed by atoms with van der Waals surface area (Å²) in [5, 5.41) is 14.6. The highest BCUT2D eigenvalue weighted by Crippen LogP contribution is 2.44. The molecule has 7 heteroatoms. The van der Waals surface area contributed by atoms with Gasteiger partial charge in [0.15, 0.2) is 0 Å². The first-order valence-corrected chi connectivity index (χ1v) is 11.0. The number of fused-ring (bicyclic) bond motifs is 3. The fourth-order valence-electron chi connectivity index (χ4n) is 4.35. The van der Waals surface area contributed by atoms with Crippen molar-refractivity contribution in [3.8, 4) is 11.1 Å². The lowest BCUT2D eigenvalue weighted by Gasteiger charge is -2.23. The first kappa shape index (κ1) is 21.9. The van der Waals surface area contributed by atoms with E-state index < -0.39 is 30.1 Å². The number of amides is 2. The summed E-state index contributed by atoms with van der Waals surface area (Å²) >= 11 is 0. The Morgan fingerprint density at radius 1 is 0.969 bits per heavy atom. The Kier molecular flexibility index (Phi) is 6.17. The van der Waals surface area contributed by atoms with E-state index in [2.05, 4.69) is 22.8 Å². The van der Waals surface area contributed by atoms with Gasteiger partial charge in [-0.3, -0.25) is 4.79 Å². The van der Waals surface area contributed by atoms with Crippen molar-refractivity contribution in [3.05, 3.63) is 59.7 Å². The fourth-order valence-corrected chi connectivity index (χ4v) is 4.35. The molecule has 0 aliphatic heterocycles. The summed E-state index contributed by atoms with van der Waals surface area (Å²) in [6.45, 7) is 3.61. The maximum absolute atomic E-state index is 12.7. The van der Waals surface area contributed by atoms with Gasteiger partial charge < -0.3 is 20.5 Å². The molecule has 0 heterocycles. The highest BCUT2D eigenvalue weighted by atomic mass is 16.5. The van der Waals surface area contributed by atoms with Gasteiger partial charge in [-0.1, -0.05) is 62.4 Å². The summed E-state index contributed by atoms with van der Waals surface area (Å²) in [6, 6.07) is 14.3. The maximum Gasteiger partial charge on any atom is 0.407 e. The van der Waals surface area contributed by atoms with Crippen LogP contribution in [0.5, 0.6) is 0 Å². The monoisotopic (exact) mass is 436 g/mol. The molecule has 0 radical (unpaired) electrons. The molecule has 2 atom stereocenters. The van der Waals surface area contributed by atoms with Gasteiger partial charge >= 0.3 is 12.1 Å². The molecule has 32 heavy (non-hydrogen) atoms. The Labute approximate surface area is 187 Å². The molecule has 0 bridgehead atoms. The zero-order chi connectivity index (χ0) is 22.8. The van der Waals surface area contributed by atoms with Crippen molar-refractivity contribution in [2.75, 3.05) is 6.61 Å². The van der Waals surface area contributed by atoms with Crippen molar-refractivity contribution < 1.29 is 24.2 Å². The Morgan fingerprint density at radius 2 is 1.53 bits per heavy atom. The molecule has 2 aliphatic carbocycles. The standard InChI is InChI=1S/C25H28N2O5/c1-14(2)21(24(29)30)26-23(28)22(15-11-12-15)27-25(31)32-13-20-18-9-5-3-7-16(18)17-8-4-6-10-19(17)20/h3-10,14-15,20-22H,11-13H2,1-2H3,(H,26,28)(H,27,31)(H,29,30)/t21-,22?/m1/s1. The lowest BCUT2D eigenvalue weighted by atomic mass is 9.98. The number of nitrogens with one attached hydrogen (secondary N) is 2. The minimum Gasteiger partial charge on any atom is -0.480 e. The highest BCUT2D eigenvalue weighted by Gasteiger charge is 2.39. The third-order valence-corrected chi connectivity index (χ3v) is 6.22. The van der Waals surface area contributed by atoms with Crippen molar-refractivity contribution >= 4 is 18.0 Å². The van der Waals surface area contributed by atoms with Gasteiger partial charge in [-0.05, 0) is 46.9 Å². The molecule has 2 aromatic carbocycles. The largest absolute Gasteiger partial charge is 0.480 e. The molecule has 0 saturated heterocycles. The topological polar surface area (TPSA) is 105 Å². The molecular weight excluding hydrogens is 408 g/mol. The first-order chi connectivity index (χ1) is 15.4. The summed E-state index contributed by atoms with van der Waals surface area (Å²) in [5.41, 5.74) is 4.50. The molecule has 1 unspecified atom stereocenters. The van der Waals surface area contributed by atoms with Gasteiger partial charge in [0.1, 0.15) is 18.7 Å². The molecule has 1 saturated carbocycles. The number of hydrogen-bond donors (Lipinski definition) is 3. The summed E-state index contributed by atoms with van der Waals surface area (Å²) in [6.07, 6.45) is 0.942. The number of benzene rings is 2. The number of hydrogen-bond acceptors (Lipinski definition) is 4. The van der Waals surface area contributed by atoms with Gasteiger partial charge in [0.25, 0.3) is 0 Å². The second-order valence-electron chi connectivity index (χ2n) is 8.85. The lowest BCUT2D eigenvalue weighted by molar-refractivity contribution is -0.143. The van der Waals surface area contributed by atoms with E-state index in [9.17, 15) is 19.5 Å². The van der Waals surface area contributed by atoms with Crippen LogP contribution in [-0.2, 0) is 14.3 Å². The summed E-state index contributed by atoms with van der Waals surface area (Å²) in [7, 11) is 0. The Bertz CT molecular complexity index is 985. The summed E-state index contributed by atoms with van der Waals surface area (Å²) in [4.78, 5) is 36.7. The van der Waals surface area contributed by atoms with Gasteiger partial charge in [0.05, 0.1) is 0 Å². The number of carboxylic acids is 1. The molecule has 0 aromatic heterocycles. The van der Waals surface area contributed by atoms with Crippen LogP contribution < -0.4 is 10.6 Å². The van der Waals surface area contributed by atoms with Crippen LogP contribution >= 0.6 is 0 Å². The van der Waals surface area contributed by atoms with E-state index in [1.807, 2.05) is 36.4 Å². The highest BCUT2D eigenvalue weighted by molar-refractivity contribution is 5.90. The van der Waals surface area contributed by atoms with E-state index in [4.69, 9.17) is 4.74 Å². The number of rotatable bonds is 8. The van der Waals surface area contributed by atoms with Gasteiger partial charge in [-0.15, -0.1) is 0 Å². The number of carbonyl (C=O) groups excluding carboxylic acids is 2. The quantitative estimate of drug-likeness (QED) is 0.587. The van der Waals surface area contributed by atoms with Crippen LogP contribution in [0.3, 0.4) is 0 Å². The Morgan fingerprint density at radius 3 is 2.03 bits per heavy atom. The van der Waals surface area contributed by atoms with Gasteiger partial charge in [0, 0.05) is 5.92 Å². The zero-order valence-electron chi connectivity index (χ0n) is 18.2. The minimum atomic E-state index is -1.09. The van der Waals surface area contributed by atoms with E-state index in [-0.39, 0.29) is 24.4 Å². The molecule has 4 rings (SSSR count). The normalized spacial score (nSPS) is 16.6. The van der Waals surface area contributed by atoms with Crippen molar-refractivity contribution in [2.45, 2.75) is 44.7 Å². The van der Waals surface area contributed by atoms with Gasteiger partial charge in [-0.25, -0.2) is 9.59 Å². The van der Waals surface area contributed by atoms with E-state index >= 15 is 0 Å². The van der Waals surface area contributed by atoms with Crippen LogP contribution in [0.15, 0.2) is 48.5 Å². The predicted octanol–water partition coefficient (Wildman–Crippen LogP) is 3.53. The first-order valence-electron chi connectivity index (χ1n) is 11.0. The van der Waals surface area contributed by atoms with Crippen molar-refractivity contribution in [3.63, 3.8) is 0 Å². The SMILES string of the molecule is CC(C)[C@@H](NC(=O)C(NC(=O)OCC1c2ccccc2-c2ccccc21)C1CC1)C(=O)O. The number of alkyl carbamates (subject to hydrolysis) is 1. The molecule has 3 N–H and O–H groups in total. The average molecular weight is 437 g/mol. The second-order valence-corrected chi connectivity index (χ2v) is 8.85. The van der Waals surface area contributed by atoms with Crippen molar-refractivity contribution in [1.82, 2.24) is 10.6 Å². The lowest BCUT2D eigenvalue weighted by Crippen LogP contribution is -2.54. The number of carbonyl (C=O) groups is 3. The molecular formula is C25H28N2O5. The summed E-state index contributed by atoms with van der Waals surface area (Å²) in [5.74, 6) is -1.92. The molecule has 2 aromatic rings. The molecule has 168 valence electrons.